The summed E-state index contributed by atoms with van der Waals surface area (Å²) < 4.78 is 14.4. The summed E-state index contributed by atoms with van der Waals surface area (Å²) in [5, 5.41) is 11.6. The van der Waals surface area contributed by atoms with E-state index in [1.807, 2.05) is 0 Å². The van der Waals surface area contributed by atoms with E-state index in [4.69, 9.17) is 10.9 Å². The number of oxime groups is 1. The Bertz CT molecular complexity index is 520. The minimum absolute atomic E-state index is 0.171. The van der Waals surface area contributed by atoms with Crippen molar-refractivity contribution in [3.63, 3.8) is 0 Å². The fourth-order valence-electron chi connectivity index (χ4n) is 3.66. The van der Waals surface area contributed by atoms with E-state index < -0.39 is 0 Å². The Hall–Kier alpha value is -1.62. The maximum Gasteiger partial charge on any atom is 0.173 e. The van der Waals surface area contributed by atoms with Crippen LogP contribution >= 0.6 is 0 Å². The lowest BCUT2D eigenvalue weighted by atomic mass is 10.0. The number of nitrogens with zero attached hydrogens (tertiary/aromatic N) is 2. The van der Waals surface area contributed by atoms with Gasteiger partial charge in [0, 0.05) is 25.2 Å². The van der Waals surface area contributed by atoms with Crippen molar-refractivity contribution in [3.05, 3.63) is 35.1 Å². The molecule has 2 atom stereocenters. The molecule has 1 heterocycles. The van der Waals surface area contributed by atoms with E-state index in [1.165, 1.54) is 25.3 Å². The molecule has 1 aromatic carbocycles. The molecule has 0 radical (unpaired) electrons. The van der Waals surface area contributed by atoms with Crippen molar-refractivity contribution in [1.29, 1.82) is 0 Å². The van der Waals surface area contributed by atoms with Gasteiger partial charge in [0.15, 0.2) is 5.84 Å². The van der Waals surface area contributed by atoms with E-state index >= 15 is 0 Å². The minimum atomic E-state index is -0.375. The van der Waals surface area contributed by atoms with E-state index in [0.717, 1.165) is 24.9 Å². The topological polar surface area (TPSA) is 61.9 Å². The zero-order valence-corrected chi connectivity index (χ0v) is 11.4. The van der Waals surface area contributed by atoms with Gasteiger partial charge >= 0.3 is 0 Å². The van der Waals surface area contributed by atoms with Crippen LogP contribution in [0.3, 0.4) is 0 Å². The second-order valence-electron chi connectivity index (χ2n) is 5.91. The first-order chi connectivity index (χ1) is 9.69. The van der Waals surface area contributed by atoms with Crippen LogP contribution in [0, 0.1) is 17.7 Å². The lowest BCUT2D eigenvalue weighted by Crippen LogP contribution is -2.23. The van der Waals surface area contributed by atoms with E-state index in [0.29, 0.717) is 12.1 Å². The summed E-state index contributed by atoms with van der Waals surface area (Å²) in [5.41, 5.74) is 6.28. The molecular formula is C15H20FN3O. The Morgan fingerprint density at radius 1 is 1.35 bits per heavy atom. The van der Waals surface area contributed by atoms with Gasteiger partial charge in [0.1, 0.15) is 5.82 Å². The number of fused-ring (bicyclic) bond motifs is 1. The summed E-state index contributed by atoms with van der Waals surface area (Å²) in [4.78, 5) is 2.32. The quantitative estimate of drug-likeness (QED) is 0.385. The molecule has 1 aliphatic carbocycles. The zero-order chi connectivity index (χ0) is 14.1. The Morgan fingerprint density at radius 2 is 2.05 bits per heavy atom. The van der Waals surface area contributed by atoms with Crippen molar-refractivity contribution >= 4 is 5.84 Å². The number of halogens is 1. The Labute approximate surface area is 118 Å². The lowest BCUT2D eigenvalue weighted by Gasteiger charge is -2.18. The molecule has 3 N–H and O–H groups in total. The van der Waals surface area contributed by atoms with Crippen molar-refractivity contribution < 1.29 is 9.60 Å². The van der Waals surface area contributed by atoms with Crippen LogP contribution in [0.5, 0.6) is 0 Å². The molecule has 4 nitrogen and oxygen atoms in total. The Kier molecular flexibility index (Phi) is 3.61. The number of benzene rings is 1. The van der Waals surface area contributed by atoms with Crippen LogP contribution in [0.1, 0.15) is 30.4 Å². The molecule has 1 aliphatic heterocycles. The van der Waals surface area contributed by atoms with Crippen LogP contribution in [0.4, 0.5) is 4.39 Å². The molecule has 20 heavy (non-hydrogen) atoms. The normalized spacial score (nSPS) is 26.9. The van der Waals surface area contributed by atoms with Gasteiger partial charge in [-0.1, -0.05) is 23.7 Å². The van der Waals surface area contributed by atoms with Crippen LogP contribution in [0.15, 0.2) is 23.4 Å². The van der Waals surface area contributed by atoms with E-state index in [1.54, 1.807) is 12.1 Å². The molecular weight excluding hydrogens is 257 g/mol. The number of likely N-dealkylation sites (tertiary alicyclic amines) is 1. The summed E-state index contributed by atoms with van der Waals surface area (Å²) in [6.07, 6.45) is 3.97. The first-order valence-electron chi connectivity index (χ1n) is 7.16. The number of rotatable bonds is 3. The smallest absolute Gasteiger partial charge is 0.173 e. The second-order valence-corrected chi connectivity index (χ2v) is 5.91. The van der Waals surface area contributed by atoms with E-state index in [-0.39, 0.29) is 17.2 Å². The summed E-state index contributed by atoms with van der Waals surface area (Å²) in [6.45, 7) is 2.74. The highest BCUT2D eigenvalue weighted by molar-refractivity contribution is 5.97. The average molecular weight is 277 g/mol. The van der Waals surface area contributed by atoms with Crippen LogP contribution in [0.2, 0.25) is 0 Å². The van der Waals surface area contributed by atoms with Crippen molar-refractivity contribution in [2.24, 2.45) is 22.7 Å². The van der Waals surface area contributed by atoms with Crippen LogP contribution in [-0.4, -0.2) is 29.0 Å². The van der Waals surface area contributed by atoms with Crippen molar-refractivity contribution in [1.82, 2.24) is 4.90 Å². The summed E-state index contributed by atoms with van der Waals surface area (Å²) in [6, 6.07) is 5.06. The molecule has 3 rings (SSSR count). The third-order valence-electron chi connectivity index (χ3n) is 4.66. The largest absolute Gasteiger partial charge is 0.409 e. The van der Waals surface area contributed by atoms with Crippen LogP contribution in [-0.2, 0) is 6.54 Å². The van der Waals surface area contributed by atoms with Gasteiger partial charge in [0.25, 0.3) is 0 Å². The van der Waals surface area contributed by atoms with Gasteiger partial charge in [-0.05, 0) is 30.7 Å². The summed E-state index contributed by atoms with van der Waals surface area (Å²) in [7, 11) is 0. The van der Waals surface area contributed by atoms with Gasteiger partial charge in [-0.2, -0.15) is 0 Å². The number of nitrogens with two attached hydrogens (primary N) is 1. The average Bonchev–Trinajstić information content (AvgIpc) is 3.01. The molecule has 0 aromatic heterocycles. The van der Waals surface area contributed by atoms with Crippen LogP contribution in [0.25, 0.3) is 0 Å². The molecule has 1 saturated carbocycles. The van der Waals surface area contributed by atoms with Gasteiger partial charge in [-0.25, -0.2) is 4.39 Å². The molecule has 0 amide bonds. The number of hydrogen-bond donors (Lipinski definition) is 2. The number of amidine groups is 1. The van der Waals surface area contributed by atoms with Gasteiger partial charge in [-0.3, -0.25) is 4.90 Å². The molecule has 2 aliphatic rings. The second kappa shape index (κ2) is 5.40. The first-order valence-corrected chi connectivity index (χ1v) is 7.16. The molecule has 108 valence electrons. The predicted molar refractivity (Wildman–Crippen MR) is 75.0 cm³/mol. The molecule has 1 aromatic rings. The highest BCUT2D eigenvalue weighted by Gasteiger charge is 2.36. The molecule has 5 heteroatoms. The molecule has 2 fully saturated rings. The number of hydrogen-bond acceptors (Lipinski definition) is 3. The lowest BCUT2D eigenvalue weighted by molar-refractivity contribution is 0.298. The fraction of sp³-hybridized carbons (Fsp3) is 0.533. The Balaban J connectivity index is 1.75. The predicted octanol–water partition coefficient (Wildman–Crippen LogP) is 2.15. The Morgan fingerprint density at radius 3 is 2.70 bits per heavy atom. The molecule has 1 saturated heterocycles. The third kappa shape index (κ3) is 2.38. The van der Waals surface area contributed by atoms with Gasteiger partial charge < -0.3 is 10.9 Å². The molecule has 2 unspecified atom stereocenters. The van der Waals surface area contributed by atoms with Crippen molar-refractivity contribution in [2.75, 3.05) is 13.1 Å². The van der Waals surface area contributed by atoms with Crippen molar-refractivity contribution in [2.45, 2.75) is 25.8 Å². The maximum atomic E-state index is 14.4. The van der Waals surface area contributed by atoms with Gasteiger partial charge in [-0.15, -0.1) is 0 Å². The molecule has 0 bridgehead atoms. The first kappa shape index (κ1) is 13.4. The third-order valence-corrected chi connectivity index (χ3v) is 4.66. The standard InChI is InChI=1S/C15H20FN3O/c16-14-12(5-2-6-13(14)15(17)18-20)9-19-7-10-3-1-4-11(10)8-19/h2,5-6,10-11,20H,1,3-4,7-9H2,(H2,17,18). The van der Waals surface area contributed by atoms with E-state index in [9.17, 15) is 4.39 Å². The van der Waals surface area contributed by atoms with E-state index in [2.05, 4.69) is 10.1 Å². The minimum Gasteiger partial charge on any atom is -0.409 e. The summed E-state index contributed by atoms with van der Waals surface area (Å²) >= 11 is 0. The zero-order valence-electron chi connectivity index (χ0n) is 11.4. The summed E-state index contributed by atoms with van der Waals surface area (Å²) in [5.74, 6) is 1.04. The monoisotopic (exact) mass is 277 g/mol. The molecule has 0 spiro atoms. The van der Waals surface area contributed by atoms with Crippen molar-refractivity contribution in [3.8, 4) is 0 Å². The van der Waals surface area contributed by atoms with Gasteiger partial charge in [0.05, 0.1) is 5.56 Å². The highest BCUT2D eigenvalue weighted by Crippen LogP contribution is 2.38. The van der Waals surface area contributed by atoms with Crippen LogP contribution < -0.4 is 5.73 Å². The highest BCUT2D eigenvalue weighted by atomic mass is 19.1. The fourth-order valence-corrected chi connectivity index (χ4v) is 3.66. The SMILES string of the molecule is N/C(=N/O)c1cccc(CN2CC3CCCC3C2)c1F. The van der Waals surface area contributed by atoms with Gasteiger partial charge in [0.2, 0.25) is 0 Å². The maximum absolute atomic E-state index is 14.4.